The first-order chi connectivity index (χ1) is 9.01. The maximum absolute atomic E-state index is 13.6. The normalized spacial score (nSPS) is 10.5. The van der Waals surface area contributed by atoms with Gasteiger partial charge in [-0.1, -0.05) is 11.6 Å². The summed E-state index contributed by atoms with van der Waals surface area (Å²) in [5, 5.41) is 2.77. The molecule has 1 aromatic carbocycles. The first kappa shape index (κ1) is 13.4. The Hall–Kier alpha value is -2.01. The number of aromatic nitrogens is 1. The van der Waals surface area contributed by atoms with Crippen molar-refractivity contribution < 1.29 is 9.18 Å². The molecule has 0 saturated heterocycles. The Labute approximate surface area is 115 Å². The van der Waals surface area contributed by atoms with E-state index in [0.29, 0.717) is 17.9 Å². The zero-order chi connectivity index (χ0) is 14.0. The van der Waals surface area contributed by atoms with Gasteiger partial charge < -0.3 is 15.6 Å². The van der Waals surface area contributed by atoms with E-state index in [4.69, 9.17) is 17.3 Å². The molecule has 0 aliphatic rings. The van der Waals surface area contributed by atoms with Gasteiger partial charge in [-0.15, -0.1) is 0 Å². The molecular weight excluding hydrogens is 269 g/mol. The first-order valence-corrected chi connectivity index (χ1v) is 6.11. The van der Waals surface area contributed by atoms with E-state index in [2.05, 4.69) is 5.32 Å². The summed E-state index contributed by atoms with van der Waals surface area (Å²) < 4.78 is 15.3. The maximum atomic E-state index is 13.6. The molecule has 0 saturated carbocycles. The molecule has 0 fully saturated rings. The Morgan fingerprint density at radius 1 is 1.47 bits per heavy atom. The second-order valence-electron chi connectivity index (χ2n) is 4.02. The number of benzene rings is 1. The van der Waals surface area contributed by atoms with Crippen molar-refractivity contribution in [3.63, 3.8) is 0 Å². The van der Waals surface area contributed by atoms with Gasteiger partial charge in [0.25, 0.3) is 5.91 Å². The molecule has 0 unspecified atom stereocenters. The molecule has 0 bridgehead atoms. The molecular formula is C13H13ClFN3O. The average molecular weight is 282 g/mol. The lowest BCUT2D eigenvalue weighted by atomic mass is 10.3. The number of nitrogens with one attached hydrogen (secondary N) is 1. The number of amides is 1. The van der Waals surface area contributed by atoms with Crippen molar-refractivity contribution in [3.8, 4) is 0 Å². The Kier molecular flexibility index (Phi) is 3.76. The number of carbonyl (C=O) groups excluding carboxylic acids is 1. The molecule has 6 heteroatoms. The molecule has 0 atom stereocenters. The molecule has 1 aromatic heterocycles. The van der Waals surface area contributed by atoms with Crippen LogP contribution in [0.3, 0.4) is 0 Å². The fourth-order valence-electron chi connectivity index (χ4n) is 1.76. The smallest absolute Gasteiger partial charge is 0.272 e. The number of nitrogens with zero attached hydrogens (tertiary/aromatic N) is 1. The Morgan fingerprint density at radius 3 is 2.84 bits per heavy atom. The van der Waals surface area contributed by atoms with Crippen LogP contribution in [0.1, 0.15) is 17.4 Å². The topological polar surface area (TPSA) is 60.0 Å². The van der Waals surface area contributed by atoms with E-state index in [1.54, 1.807) is 16.8 Å². The Bertz CT molecular complexity index is 624. The number of aryl methyl sites for hydroxylation is 1. The summed E-state index contributed by atoms with van der Waals surface area (Å²) in [6, 6.07) is 5.61. The standard InChI is InChI=1S/C13H13ClFN3O/c1-2-18-7-9(16)6-12(18)13(19)17-11-4-3-8(14)5-10(11)15/h3-7H,2,16H2,1H3,(H,17,19). The van der Waals surface area contributed by atoms with E-state index in [1.165, 1.54) is 12.1 Å². The minimum absolute atomic E-state index is 0.0804. The minimum atomic E-state index is -0.580. The molecule has 0 radical (unpaired) electrons. The fourth-order valence-corrected chi connectivity index (χ4v) is 1.92. The van der Waals surface area contributed by atoms with Crippen LogP contribution in [0.2, 0.25) is 5.02 Å². The Balaban J connectivity index is 2.25. The van der Waals surface area contributed by atoms with Crippen molar-refractivity contribution in [1.82, 2.24) is 4.57 Å². The number of nitrogens with two attached hydrogens (primary N) is 1. The van der Waals surface area contributed by atoms with Crippen molar-refractivity contribution in [1.29, 1.82) is 0 Å². The van der Waals surface area contributed by atoms with Crippen LogP contribution in [0.5, 0.6) is 0 Å². The summed E-state index contributed by atoms with van der Waals surface area (Å²) in [6.45, 7) is 2.49. The molecule has 0 spiro atoms. The fraction of sp³-hybridized carbons (Fsp3) is 0.154. The van der Waals surface area contributed by atoms with Gasteiger partial charge in [-0.25, -0.2) is 4.39 Å². The summed E-state index contributed by atoms with van der Waals surface area (Å²) in [4.78, 5) is 12.1. The summed E-state index contributed by atoms with van der Waals surface area (Å²) in [5.74, 6) is -0.997. The van der Waals surface area contributed by atoms with Crippen LogP contribution in [0.25, 0.3) is 0 Å². The lowest BCUT2D eigenvalue weighted by Crippen LogP contribution is -2.17. The minimum Gasteiger partial charge on any atom is -0.397 e. The third kappa shape index (κ3) is 2.88. The van der Waals surface area contributed by atoms with Crippen LogP contribution in [-0.2, 0) is 6.54 Å². The van der Waals surface area contributed by atoms with Gasteiger partial charge in [0.05, 0.1) is 11.4 Å². The second-order valence-corrected chi connectivity index (χ2v) is 4.46. The Morgan fingerprint density at radius 2 is 2.21 bits per heavy atom. The predicted molar refractivity (Wildman–Crippen MR) is 73.9 cm³/mol. The lowest BCUT2D eigenvalue weighted by Gasteiger charge is -2.08. The SMILES string of the molecule is CCn1cc(N)cc1C(=O)Nc1ccc(Cl)cc1F. The molecule has 100 valence electrons. The number of anilines is 2. The van der Waals surface area contributed by atoms with E-state index < -0.39 is 11.7 Å². The zero-order valence-electron chi connectivity index (χ0n) is 10.3. The number of hydrogen-bond acceptors (Lipinski definition) is 2. The van der Waals surface area contributed by atoms with E-state index in [1.807, 2.05) is 6.92 Å². The van der Waals surface area contributed by atoms with Crippen LogP contribution in [0, 0.1) is 5.82 Å². The number of nitrogen functional groups attached to an aromatic ring is 1. The van der Waals surface area contributed by atoms with Gasteiger partial charge in [0, 0.05) is 17.8 Å². The molecule has 3 N–H and O–H groups in total. The predicted octanol–water partition coefficient (Wildman–Crippen LogP) is 3.14. The quantitative estimate of drug-likeness (QED) is 0.908. The third-order valence-electron chi connectivity index (χ3n) is 2.67. The summed E-state index contributed by atoms with van der Waals surface area (Å²) in [6.07, 6.45) is 1.66. The molecule has 19 heavy (non-hydrogen) atoms. The van der Waals surface area contributed by atoms with E-state index >= 15 is 0 Å². The van der Waals surface area contributed by atoms with Crippen LogP contribution >= 0.6 is 11.6 Å². The summed E-state index contributed by atoms with van der Waals surface area (Å²) in [5.41, 5.74) is 6.60. The number of hydrogen-bond donors (Lipinski definition) is 2. The van der Waals surface area contributed by atoms with Crippen molar-refractivity contribution >= 4 is 28.9 Å². The molecule has 1 amide bonds. The highest BCUT2D eigenvalue weighted by molar-refractivity contribution is 6.30. The largest absolute Gasteiger partial charge is 0.397 e. The van der Waals surface area contributed by atoms with Gasteiger partial charge in [0.2, 0.25) is 0 Å². The maximum Gasteiger partial charge on any atom is 0.272 e. The van der Waals surface area contributed by atoms with Crippen LogP contribution in [-0.4, -0.2) is 10.5 Å². The van der Waals surface area contributed by atoms with Gasteiger partial charge >= 0.3 is 0 Å². The van der Waals surface area contributed by atoms with Gasteiger partial charge in [-0.3, -0.25) is 4.79 Å². The van der Waals surface area contributed by atoms with Crippen molar-refractivity contribution in [2.24, 2.45) is 0 Å². The van der Waals surface area contributed by atoms with E-state index in [9.17, 15) is 9.18 Å². The van der Waals surface area contributed by atoms with Crippen molar-refractivity contribution in [3.05, 3.63) is 47.0 Å². The van der Waals surface area contributed by atoms with Crippen LogP contribution in [0.4, 0.5) is 15.8 Å². The summed E-state index contributed by atoms with van der Waals surface area (Å²) in [7, 11) is 0. The zero-order valence-corrected chi connectivity index (χ0v) is 11.0. The average Bonchev–Trinajstić information content (AvgIpc) is 2.74. The molecule has 2 rings (SSSR count). The van der Waals surface area contributed by atoms with Gasteiger partial charge in [-0.05, 0) is 31.2 Å². The van der Waals surface area contributed by atoms with Crippen molar-refractivity contribution in [2.75, 3.05) is 11.1 Å². The highest BCUT2D eigenvalue weighted by Gasteiger charge is 2.14. The second kappa shape index (κ2) is 5.32. The summed E-state index contributed by atoms with van der Waals surface area (Å²) >= 11 is 5.65. The number of halogens is 2. The molecule has 1 heterocycles. The van der Waals surface area contributed by atoms with Gasteiger partial charge in [-0.2, -0.15) is 0 Å². The third-order valence-corrected chi connectivity index (χ3v) is 2.91. The van der Waals surface area contributed by atoms with Gasteiger partial charge in [0.15, 0.2) is 0 Å². The monoisotopic (exact) mass is 281 g/mol. The van der Waals surface area contributed by atoms with Crippen molar-refractivity contribution in [2.45, 2.75) is 13.5 Å². The molecule has 2 aromatic rings. The molecule has 0 aliphatic heterocycles. The van der Waals surface area contributed by atoms with E-state index in [0.717, 1.165) is 6.07 Å². The molecule has 4 nitrogen and oxygen atoms in total. The van der Waals surface area contributed by atoms with Crippen LogP contribution < -0.4 is 11.1 Å². The number of rotatable bonds is 3. The number of carbonyl (C=O) groups is 1. The van der Waals surface area contributed by atoms with E-state index in [-0.39, 0.29) is 10.7 Å². The highest BCUT2D eigenvalue weighted by atomic mass is 35.5. The molecule has 0 aliphatic carbocycles. The lowest BCUT2D eigenvalue weighted by molar-refractivity contribution is 0.101. The highest BCUT2D eigenvalue weighted by Crippen LogP contribution is 2.20. The van der Waals surface area contributed by atoms with Gasteiger partial charge in [0.1, 0.15) is 11.5 Å². The van der Waals surface area contributed by atoms with Crippen LogP contribution in [0.15, 0.2) is 30.5 Å². The first-order valence-electron chi connectivity index (χ1n) is 5.73.